The summed E-state index contributed by atoms with van der Waals surface area (Å²) in [4.78, 5) is 17.7. The lowest BCUT2D eigenvalue weighted by Gasteiger charge is -2.15. The first kappa shape index (κ1) is 20.9. The lowest BCUT2D eigenvalue weighted by Crippen LogP contribution is -2.18. The number of nitrogens with zero attached hydrogens (tertiary/aromatic N) is 2. The summed E-state index contributed by atoms with van der Waals surface area (Å²) in [5.41, 5.74) is 4.92. The molecule has 0 saturated heterocycles. The Labute approximate surface area is 184 Å². The number of hydrogen-bond acceptors (Lipinski definition) is 7. The monoisotopic (exact) mass is 431 g/mol. The van der Waals surface area contributed by atoms with Gasteiger partial charge in [0.2, 0.25) is 5.75 Å². The maximum atomic E-state index is 13.0. The first-order valence-electron chi connectivity index (χ1n) is 9.71. The zero-order valence-corrected chi connectivity index (χ0v) is 17.8. The van der Waals surface area contributed by atoms with Crippen LogP contribution in [-0.2, 0) is 0 Å². The zero-order valence-electron chi connectivity index (χ0n) is 17.8. The van der Waals surface area contributed by atoms with E-state index in [1.807, 2.05) is 24.3 Å². The molecule has 2 aromatic carbocycles. The number of carbonyl (C=O) groups excluding carboxylic acids is 1. The molecule has 2 heterocycles. The van der Waals surface area contributed by atoms with Gasteiger partial charge >= 0.3 is 0 Å². The summed E-state index contributed by atoms with van der Waals surface area (Å²) in [6.07, 6.45) is 2.96. The van der Waals surface area contributed by atoms with E-state index in [4.69, 9.17) is 23.6 Å². The summed E-state index contributed by atoms with van der Waals surface area (Å²) in [6, 6.07) is 16.2. The van der Waals surface area contributed by atoms with E-state index in [-0.39, 0.29) is 5.91 Å². The van der Waals surface area contributed by atoms with Crippen LogP contribution in [0.25, 0.3) is 22.2 Å². The van der Waals surface area contributed by atoms with Crippen molar-refractivity contribution in [3.63, 3.8) is 0 Å². The summed E-state index contributed by atoms with van der Waals surface area (Å²) in [5.74, 6) is 1.62. The van der Waals surface area contributed by atoms with E-state index < -0.39 is 0 Å². The fourth-order valence-corrected chi connectivity index (χ4v) is 3.32. The number of rotatable bonds is 7. The maximum absolute atomic E-state index is 13.0. The highest BCUT2D eigenvalue weighted by atomic mass is 16.5. The van der Waals surface area contributed by atoms with Crippen molar-refractivity contribution in [2.24, 2.45) is 5.10 Å². The molecule has 1 N–H and O–H groups in total. The molecule has 0 aliphatic rings. The van der Waals surface area contributed by atoms with E-state index in [9.17, 15) is 4.79 Å². The van der Waals surface area contributed by atoms with Gasteiger partial charge in [-0.3, -0.25) is 4.79 Å². The summed E-state index contributed by atoms with van der Waals surface area (Å²) in [7, 11) is 4.63. The van der Waals surface area contributed by atoms with Crippen molar-refractivity contribution >= 4 is 23.0 Å². The minimum absolute atomic E-state index is 0.375. The number of pyridine rings is 1. The lowest BCUT2D eigenvalue weighted by atomic mass is 10.0. The molecule has 4 rings (SSSR count). The number of amides is 1. The second-order valence-corrected chi connectivity index (χ2v) is 6.70. The van der Waals surface area contributed by atoms with Gasteiger partial charge in [-0.05, 0) is 36.4 Å². The topological polar surface area (TPSA) is 95.2 Å². The SMILES string of the molecule is COc1cc(-c2cc(C(=O)N/N=C/c3ccco3)c3ccccc3n2)cc(OC)c1OC. The quantitative estimate of drug-likeness (QED) is 0.347. The minimum Gasteiger partial charge on any atom is -0.493 e. The smallest absolute Gasteiger partial charge is 0.272 e. The van der Waals surface area contributed by atoms with Gasteiger partial charge in [0, 0.05) is 10.9 Å². The molecule has 0 bridgehead atoms. The van der Waals surface area contributed by atoms with Crippen LogP contribution < -0.4 is 19.6 Å². The third kappa shape index (κ3) is 4.11. The second kappa shape index (κ2) is 9.22. The van der Waals surface area contributed by atoms with Crippen molar-refractivity contribution in [2.75, 3.05) is 21.3 Å². The van der Waals surface area contributed by atoms with Crippen LogP contribution in [0.4, 0.5) is 0 Å². The normalized spacial score (nSPS) is 11.0. The Bertz CT molecular complexity index is 1260. The largest absolute Gasteiger partial charge is 0.493 e. The average molecular weight is 431 g/mol. The number of aromatic nitrogens is 1. The molecule has 0 unspecified atom stereocenters. The van der Waals surface area contributed by atoms with Crippen molar-refractivity contribution in [3.05, 3.63) is 72.2 Å². The van der Waals surface area contributed by atoms with E-state index in [1.54, 1.807) is 51.7 Å². The van der Waals surface area contributed by atoms with Crippen LogP contribution >= 0.6 is 0 Å². The summed E-state index contributed by atoms with van der Waals surface area (Å²) < 4.78 is 21.5. The molecule has 0 aliphatic carbocycles. The van der Waals surface area contributed by atoms with Crippen molar-refractivity contribution in [3.8, 4) is 28.5 Å². The van der Waals surface area contributed by atoms with Crippen LogP contribution in [0, 0.1) is 0 Å². The minimum atomic E-state index is -0.375. The highest BCUT2D eigenvalue weighted by Gasteiger charge is 2.18. The Kier molecular flexibility index (Phi) is 6.03. The number of carbonyl (C=O) groups is 1. The first-order valence-corrected chi connectivity index (χ1v) is 9.71. The van der Waals surface area contributed by atoms with E-state index in [1.165, 1.54) is 12.5 Å². The third-order valence-corrected chi connectivity index (χ3v) is 4.82. The van der Waals surface area contributed by atoms with E-state index in [2.05, 4.69) is 10.5 Å². The molecule has 32 heavy (non-hydrogen) atoms. The first-order chi connectivity index (χ1) is 15.6. The lowest BCUT2D eigenvalue weighted by molar-refractivity contribution is 0.0956. The molecule has 0 aliphatic heterocycles. The van der Waals surface area contributed by atoms with Gasteiger partial charge in [-0.1, -0.05) is 18.2 Å². The van der Waals surface area contributed by atoms with Crippen molar-refractivity contribution in [2.45, 2.75) is 0 Å². The Hall–Kier alpha value is -4.33. The van der Waals surface area contributed by atoms with Crippen LogP contribution in [0.5, 0.6) is 17.2 Å². The molecule has 0 fully saturated rings. The fourth-order valence-electron chi connectivity index (χ4n) is 3.32. The molecule has 0 saturated carbocycles. The average Bonchev–Trinajstić information content (AvgIpc) is 3.35. The van der Waals surface area contributed by atoms with Crippen molar-refractivity contribution < 1.29 is 23.4 Å². The Morgan fingerprint density at radius 1 is 1.00 bits per heavy atom. The Balaban J connectivity index is 1.78. The second-order valence-electron chi connectivity index (χ2n) is 6.70. The summed E-state index contributed by atoms with van der Waals surface area (Å²) in [6.45, 7) is 0. The van der Waals surface area contributed by atoms with Crippen LogP contribution in [0.2, 0.25) is 0 Å². The molecule has 8 nitrogen and oxygen atoms in total. The Morgan fingerprint density at radius 3 is 2.41 bits per heavy atom. The number of methoxy groups -OCH3 is 3. The molecule has 0 radical (unpaired) electrons. The number of fused-ring (bicyclic) bond motifs is 1. The number of ether oxygens (including phenoxy) is 3. The van der Waals surface area contributed by atoms with Gasteiger partial charge < -0.3 is 18.6 Å². The van der Waals surface area contributed by atoms with Gasteiger partial charge in [0.1, 0.15) is 5.76 Å². The number of hydrazone groups is 1. The molecule has 8 heteroatoms. The molecule has 0 spiro atoms. The summed E-state index contributed by atoms with van der Waals surface area (Å²) in [5, 5.41) is 4.68. The summed E-state index contributed by atoms with van der Waals surface area (Å²) >= 11 is 0. The predicted molar refractivity (Wildman–Crippen MR) is 121 cm³/mol. The number of nitrogens with one attached hydrogen (secondary N) is 1. The highest BCUT2D eigenvalue weighted by Crippen LogP contribution is 2.41. The van der Waals surface area contributed by atoms with E-state index in [0.717, 1.165) is 0 Å². The van der Waals surface area contributed by atoms with Crippen molar-refractivity contribution in [1.82, 2.24) is 10.4 Å². The Morgan fingerprint density at radius 2 is 1.75 bits per heavy atom. The number of para-hydroxylation sites is 1. The van der Waals surface area contributed by atoms with E-state index in [0.29, 0.717) is 50.7 Å². The molecule has 1 amide bonds. The molecule has 162 valence electrons. The molecule has 4 aromatic rings. The van der Waals surface area contributed by atoms with Gasteiger partial charge in [-0.25, -0.2) is 10.4 Å². The number of hydrogen-bond donors (Lipinski definition) is 1. The fraction of sp³-hybridized carbons (Fsp3) is 0.125. The molecule has 2 aromatic heterocycles. The maximum Gasteiger partial charge on any atom is 0.272 e. The third-order valence-electron chi connectivity index (χ3n) is 4.82. The standard InChI is InChI=1S/C24H21N3O5/c1-29-21-11-15(12-22(30-2)23(21)31-3)20-13-18(17-8-4-5-9-19(17)26-20)24(28)27-25-14-16-7-6-10-32-16/h4-14H,1-3H3,(H,27,28)/b25-14+. The number of benzene rings is 2. The zero-order chi connectivity index (χ0) is 22.5. The number of furan rings is 1. The van der Waals surface area contributed by atoms with Crippen LogP contribution in [0.15, 0.2) is 70.4 Å². The van der Waals surface area contributed by atoms with Gasteiger partial charge in [-0.15, -0.1) is 0 Å². The van der Waals surface area contributed by atoms with E-state index >= 15 is 0 Å². The van der Waals surface area contributed by atoms with Crippen LogP contribution in [0.3, 0.4) is 0 Å². The van der Waals surface area contributed by atoms with Crippen molar-refractivity contribution in [1.29, 1.82) is 0 Å². The molecular weight excluding hydrogens is 410 g/mol. The highest BCUT2D eigenvalue weighted by molar-refractivity contribution is 6.07. The van der Waals surface area contributed by atoms with Crippen LogP contribution in [-0.4, -0.2) is 38.4 Å². The molecular formula is C24H21N3O5. The van der Waals surface area contributed by atoms with Gasteiger partial charge in [-0.2, -0.15) is 5.10 Å². The molecule has 0 atom stereocenters. The predicted octanol–water partition coefficient (Wildman–Crippen LogP) is 4.28. The van der Waals surface area contributed by atoms with Gasteiger partial charge in [0.25, 0.3) is 5.91 Å². The van der Waals surface area contributed by atoms with Crippen LogP contribution in [0.1, 0.15) is 16.1 Å². The van der Waals surface area contributed by atoms with Gasteiger partial charge in [0.05, 0.1) is 50.6 Å². The van der Waals surface area contributed by atoms with Gasteiger partial charge in [0.15, 0.2) is 11.5 Å².